The fraction of sp³-hybridized carbons (Fsp3) is 0.0667. The van der Waals surface area contributed by atoms with Crippen molar-refractivity contribution in [2.45, 2.75) is 6.92 Å². The maximum absolute atomic E-state index is 13.8. The van der Waals surface area contributed by atoms with Gasteiger partial charge in [-0.2, -0.15) is 0 Å². The molecule has 0 unspecified atom stereocenters. The molecule has 2 aromatic carbocycles. The Kier molecular flexibility index (Phi) is 2.75. The van der Waals surface area contributed by atoms with Gasteiger partial charge in [-0.3, -0.25) is 0 Å². The molecule has 0 amide bonds. The topological polar surface area (TPSA) is 66.0 Å². The molecule has 0 aliphatic carbocycles. The van der Waals surface area contributed by atoms with Crippen molar-refractivity contribution in [2.24, 2.45) is 0 Å². The third-order valence-electron chi connectivity index (χ3n) is 3.11. The number of hydrogen-bond donors (Lipinski definition) is 2. The Morgan fingerprint density at radius 3 is 2.80 bits per heavy atom. The van der Waals surface area contributed by atoms with Crippen LogP contribution in [0.25, 0.3) is 22.4 Å². The van der Waals surface area contributed by atoms with Crippen LogP contribution in [0.1, 0.15) is 15.9 Å². The van der Waals surface area contributed by atoms with E-state index in [0.717, 1.165) is 5.56 Å². The molecule has 0 saturated heterocycles. The largest absolute Gasteiger partial charge is 0.478 e. The van der Waals surface area contributed by atoms with Crippen molar-refractivity contribution in [2.75, 3.05) is 0 Å². The Morgan fingerprint density at radius 1 is 1.25 bits per heavy atom. The summed E-state index contributed by atoms with van der Waals surface area (Å²) < 4.78 is 13.8. The van der Waals surface area contributed by atoms with Crippen LogP contribution in [0.2, 0.25) is 0 Å². The summed E-state index contributed by atoms with van der Waals surface area (Å²) in [6, 6.07) is 9.34. The van der Waals surface area contributed by atoms with E-state index in [4.69, 9.17) is 5.11 Å². The second kappa shape index (κ2) is 4.45. The summed E-state index contributed by atoms with van der Waals surface area (Å²) in [5.41, 5.74) is 2.63. The number of fused-ring (bicyclic) bond motifs is 1. The first-order chi connectivity index (χ1) is 9.54. The van der Waals surface area contributed by atoms with E-state index in [2.05, 4.69) is 9.97 Å². The maximum atomic E-state index is 13.8. The number of nitrogens with zero attached hydrogens (tertiary/aromatic N) is 1. The Balaban J connectivity index is 2.17. The van der Waals surface area contributed by atoms with Crippen molar-refractivity contribution in [1.29, 1.82) is 0 Å². The Labute approximate surface area is 113 Å². The molecule has 0 atom stereocenters. The SMILES string of the molecule is Cc1ccc(F)c(-c2nc3ccc(C(=O)O)cc3[nH]2)c1. The highest BCUT2D eigenvalue weighted by atomic mass is 19.1. The normalized spacial score (nSPS) is 10.9. The molecule has 0 radical (unpaired) electrons. The Bertz CT molecular complexity index is 824. The molecule has 0 aliphatic rings. The first-order valence-corrected chi connectivity index (χ1v) is 6.04. The minimum atomic E-state index is -1.01. The summed E-state index contributed by atoms with van der Waals surface area (Å²) >= 11 is 0. The fourth-order valence-electron chi connectivity index (χ4n) is 2.09. The first kappa shape index (κ1) is 12.3. The van der Waals surface area contributed by atoms with Gasteiger partial charge in [-0.05, 0) is 37.3 Å². The molecular formula is C15H11FN2O2. The van der Waals surface area contributed by atoms with Crippen molar-refractivity contribution in [3.63, 3.8) is 0 Å². The molecule has 0 bridgehead atoms. The van der Waals surface area contributed by atoms with Crippen LogP contribution in [0, 0.1) is 12.7 Å². The zero-order valence-corrected chi connectivity index (χ0v) is 10.6. The quantitative estimate of drug-likeness (QED) is 0.750. The van der Waals surface area contributed by atoms with Gasteiger partial charge in [0.25, 0.3) is 0 Å². The highest BCUT2D eigenvalue weighted by Crippen LogP contribution is 2.24. The predicted octanol–water partition coefficient (Wildman–Crippen LogP) is 3.38. The number of nitrogens with one attached hydrogen (secondary N) is 1. The van der Waals surface area contributed by atoms with Crippen LogP contribution in [0.5, 0.6) is 0 Å². The smallest absolute Gasteiger partial charge is 0.335 e. The summed E-state index contributed by atoms with van der Waals surface area (Å²) in [5, 5.41) is 8.95. The highest BCUT2D eigenvalue weighted by Gasteiger charge is 2.12. The van der Waals surface area contributed by atoms with E-state index in [1.807, 2.05) is 6.92 Å². The van der Waals surface area contributed by atoms with Crippen LogP contribution in [0.3, 0.4) is 0 Å². The molecule has 0 aliphatic heterocycles. The minimum Gasteiger partial charge on any atom is -0.478 e. The number of benzene rings is 2. The van der Waals surface area contributed by atoms with Gasteiger partial charge in [-0.25, -0.2) is 14.2 Å². The Morgan fingerprint density at radius 2 is 2.05 bits per heavy atom. The van der Waals surface area contributed by atoms with Crippen LogP contribution >= 0.6 is 0 Å². The van der Waals surface area contributed by atoms with Crippen molar-refractivity contribution in [3.05, 3.63) is 53.3 Å². The van der Waals surface area contributed by atoms with Crippen LogP contribution in [-0.2, 0) is 0 Å². The lowest BCUT2D eigenvalue weighted by Gasteiger charge is -2.00. The van der Waals surface area contributed by atoms with Crippen molar-refractivity contribution < 1.29 is 14.3 Å². The molecule has 3 rings (SSSR count). The number of carbonyl (C=O) groups is 1. The second-order valence-electron chi connectivity index (χ2n) is 4.61. The third kappa shape index (κ3) is 2.03. The molecule has 5 heteroatoms. The lowest BCUT2D eigenvalue weighted by Crippen LogP contribution is -1.94. The monoisotopic (exact) mass is 270 g/mol. The van der Waals surface area contributed by atoms with Gasteiger partial charge in [0.15, 0.2) is 0 Å². The van der Waals surface area contributed by atoms with Gasteiger partial charge in [0.1, 0.15) is 11.6 Å². The molecular weight excluding hydrogens is 259 g/mol. The van der Waals surface area contributed by atoms with Gasteiger partial charge in [0.05, 0.1) is 22.2 Å². The maximum Gasteiger partial charge on any atom is 0.335 e. The third-order valence-corrected chi connectivity index (χ3v) is 3.11. The van der Waals surface area contributed by atoms with Gasteiger partial charge < -0.3 is 10.1 Å². The number of carboxylic acids is 1. The number of carboxylic acid groups (broad SMARTS) is 1. The molecule has 20 heavy (non-hydrogen) atoms. The summed E-state index contributed by atoms with van der Waals surface area (Å²) in [4.78, 5) is 18.2. The van der Waals surface area contributed by atoms with Crippen molar-refractivity contribution in [1.82, 2.24) is 9.97 Å². The molecule has 1 aromatic heterocycles. The summed E-state index contributed by atoms with van der Waals surface area (Å²) in [7, 11) is 0. The van der Waals surface area contributed by atoms with E-state index in [9.17, 15) is 9.18 Å². The zero-order chi connectivity index (χ0) is 14.3. The van der Waals surface area contributed by atoms with E-state index in [1.165, 1.54) is 18.2 Å². The van der Waals surface area contributed by atoms with Gasteiger partial charge >= 0.3 is 5.97 Å². The van der Waals surface area contributed by atoms with Gasteiger partial charge in [-0.1, -0.05) is 11.6 Å². The number of aryl methyl sites for hydroxylation is 1. The van der Waals surface area contributed by atoms with Crippen LogP contribution < -0.4 is 0 Å². The summed E-state index contributed by atoms with van der Waals surface area (Å²) in [5.74, 6) is -0.985. The molecule has 0 fully saturated rings. The van der Waals surface area contributed by atoms with Crippen molar-refractivity contribution in [3.8, 4) is 11.4 Å². The lowest BCUT2D eigenvalue weighted by atomic mass is 10.1. The fourth-order valence-corrected chi connectivity index (χ4v) is 2.09. The minimum absolute atomic E-state index is 0.164. The van der Waals surface area contributed by atoms with Crippen LogP contribution in [0.4, 0.5) is 4.39 Å². The van der Waals surface area contributed by atoms with Gasteiger partial charge in [-0.15, -0.1) is 0 Å². The van der Waals surface area contributed by atoms with E-state index in [-0.39, 0.29) is 11.4 Å². The number of rotatable bonds is 2. The standard InChI is InChI=1S/C15H11FN2O2/c1-8-2-4-11(16)10(6-8)14-17-12-5-3-9(15(19)20)7-13(12)18-14/h2-7H,1H3,(H,17,18)(H,19,20). The summed E-state index contributed by atoms with van der Waals surface area (Å²) in [6.07, 6.45) is 0. The Hall–Kier alpha value is -2.69. The first-order valence-electron chi connectivity index (χ1n) is 6.04. The van der Waals surface area contributed by atoms with E-state index in [1.54, 1.807) is 18.2 Å². The zero-order valence-electron chi connectivity index (χ0n) is 10.6. The number of aromatic nitrogens is 2. The molecule has 2 N–H and O–H groups in total. The van der Waals surface area contributed by atoms with Crippen LogP contribution in [0.15, 0.2) is 36.4 Å². The van der Waals surface area contributed by atoms with Gasteiger partial charge in [0.2, 0.25) is 0 Å². The van der Waals surface area contributed by atoms with Gasteiger partial charge in [0, 0.05) is 0 Å². The van der Waals surface area contributed by atoms with Crippen LogP contribution in [-0.4, -0.2) is 21.0 Å². The predicted molar refractivity (Wildman–Crippen MR) is 73.2 cm³/mol. The number of aromatic amines is 1. The average molecular weight is 270 g/mol. The molecule has 100 valence electrons. The van der Waals surface area contributed by atoms with E-state index >= 15 is 0 Å². The highest BCUT2D eigenvalue weighted by molar-refractivity contribution is 5.93. The summed E-state index contributed by atoms with van der Waals surface area (Å²) in [6.45, 7) is 1.87. The number of aromatic carboxylic acids is 1. The molecule has 1 heterocycles. The molecule has 0 spiro atoms. The average Bonchev–Trinajstić information content (AvgIpc) is 2.83. The number of imidazole rings is 1. The molecule has 3 aromatic rings. The van der Waals surface area contributed by atoms with E-state index in [0.29, 0.717) is 22.4 Å². The number of halogens is 1. The lowest BCUT2D eigenvalue weighted by molar-refractivity contribution is 0.0697. The number of H-pyrrole nitrogens is 1. The van der Waals surface area contributed by atoms with E-state index < -0.39 is 5.97 Å². The second-order valence-corrected chi connectivity index (χ2v) is 4.61. The molecule has 0 saturated carbocycles. The number of hydrogen-bond acceptors (Lipinski definition) is 2. The van der Waals surface area contributed by atoms with Crippen molar-refractivity contribution >= 4 is 17.0 Å². The molecule has 4 nitrogen and oxygen atoms in total.